The topological polar surface area (TPSA) is 94.8 Å². The molecule has 1 amide bonds. The molecule has 4 saturated carbocycles. The molecule has 2 aromatic rings. The van der Waals surface area contributed by atoms with Crippen LogP contribution in [0.5, 0.6) is 5.75 Å². The maximum Gasteiger partial charge on any atom is 0.336 e. The third-order valence-electron chi connectivity index (χ3n) is 7.33. The van der Waals surface area contributed by atoms with Crippen LogP contribution < -0.4 is 15.7 Å². The van der Waals surface area contributed by atoms with Gasteiger partial charge in [0.05, 0.1) is 12.5 Å². The lowest BCUT2D eigenvalue weighted by Crippen LogP contribution is -2.64. The van der Waals surface area contributed by atoms with E-state index in [9.17, 15) is 14.4 Å². The Balaban J connectivity index is 1.39. The summed E-state index contributed by atoms with van der Waals surface area (Å²) in [6.07, 6.45) is 5.30. The molecule has 7 nitrogen and oxygen atoms in total. The highest BCUT2D eigenvalue weighted by atomic mass is 16.5. The summed E-state index contributed by atoms with van der Waals surface area (Å²) in [5.41, 5.74) is -0.316. The zero-order chi connectivity index (χ0) is 21.8. The molecule has 4 aliphatic carbocycles. The lowest BCUT2D eigenvalue weighted by Gasteiger charge is -2.60. The van der Waals surface area contributed by atoms with E-state index in [1.807, 2.05) is 0 Å². The molecule has 7 heteroatoms. The van der Waals surface area contributed by atoms with Gasteiger partial charge >= 0.3 is 11.6 Å². The van der Waals surface area contributed by atoms with Crippen molar-refractivity contribution in [2.45, 2.75) is 57.6 Å². The van der Waals surface area contributed by atoms with Gasteiger partial charge in [0.15, 0.2) is 0 Å². The lowest BCUT2D eigenvalue weighted by atomic mass is 9.47. The minimum absolute atomic E-state index is 0.0114. The van der Waals surface area contributed by atoms with Crippen LogP contribution in [0.15, 0.2) is 33.5 Å². The number of fused-ring (bicyclic) bond motifs is 1. The molecule has 1 aromatic carbocycles. The third kappa shape index (κ3) is 3.50. The second-order valence-corrected chi connectivity index (χ2v) is 9.73. The minimum atomic E-state index is -0.551. The molecule has 0 aliphatic heterocycles. The predicted octanol–water partition coefficient (Wildman–Crippen LogP) is 3.32. The van der Waals surface area contributed by atoms with Gasteiger partial charge < -0.3 is 19.2 Å². The summed E-state index contributed by atoms with van der Waals surface area (Å²) in [5, 5.41) is 3.89. The summed E-state index contributed by atoms with van der Waals surface area (Å²) >= 11 is 0. The highest BCUT2D eigenvalue weighted by Gasteiger charge is 2.61. The Bertz CT molecular complexity index is 1100. The van der Waals surface area contributed by atoms with E-state index in [4.69, 9.17) is 13.9 Å². The van der Waals surface area contributed by atoms with E-state index < -0.39 is 11.0 Å². The molecule has 4 aliphatic rings. The first-order valence-electron chi connectivity index (χ1n) is 10.9. The van der Waals surface area contributed by atoms with Crippen LogP contribution in [0.25, 0.3) is 11.0 Å². The van der Waals surface area contributed by atoms with E-state index in [1.54, 1.807) is 32.2 Å². The lowest BCUT2D eigenvalue weighted by molar-refractivity contribution is -0.177. The number of nitrogens with one attached hydrogen (secondary N) is 1. The molecule has 1 heterocycles. The molecular weight excluding hydrogens is 398 g/mol. The van der Waals surface area contributed by atoms with Gasteiger partial charge in [-0.1, -0.05) is 0 Å². The van der Waals surface area contributed by atoms with Crippen molar-refractivity contribution in [3.05, 3.63) is 40.2 Å². The molecule has 6 rings (SSSR count). The number of rotatable bonds is 5. The Kier molecular flexibility index (Phi) is 4.61. The number of esters is 1. The quantitative estimate of drug-likeness (QED) is 0.583. The second-order valence-electron chi connectivity index (χ2n) is 9.73. The van der Waals surface area contributed by atoms with Gasteiger partial charge in [-0.3, -0.25) is 9.59 Å². The Hall–Kier alpha value is -2.83. The van der Waals surface area contributed by atoms with Crippen molar-refractivity contribution in [2.75, 3.05) is 7.11 Å². The molecule has 164 valence electrons. The molecular formula is C24H27NO6. The standard InChI is InChI=1S/C24H27NO6/c1-14(26)25-24-10-15-5-16(11-24)9-23(8-15,13-24)22(28)30-12-17-6-21(27)31-20-7-18(29-2)3-4-19(17)20/h3-4,6-7,15-16H,5,8-13H2,1-2H3,(H,25,26). The molecule has 0 radical (unpaired) electrons. The predicted molar refractivity (Wildman–Crippen MR) is 112 cm³/mol. The van der Waals surface area contributed by atoms with Crippen molar-refractivity contribution in [2.24, 2.45) is 17.3 Å². The Morgan fingerprint density at radius 1 is 1.16 bits per heavy atom. The van der Waals surface area contributed by atoms with Crippen LogP contribution in [0.3, 0.4) is 0 Å². The largest absolute Gasteiger partial charge is 0.497 e. The van der Waals surface area contributed by atoms with E-state index >= 15 is 0 Å². The minimum Gasteiger partial charge on any atom is -0.497 e. The monoisotopic (exact) mass is 425 g/mol. The van der Waals surface area contributed by atoms with E-state index in [2.05, 4.69) is 5.32 Å². The highest BCUT2D eigenvalue weighted by Crippen LogP contribution is 2.62. The van der Waals surface area contributed by atoms with Gasteiger partial charge in [-0.05, 0) is 62.5 Å². The smallest absolute Gasteiger partial charge is 0.336 e. The Morgan fingerprint density at radius 2 is 1.90 bits per heavy atom. The van der Waals surface area contributed by atoms with Crippen LogP contribution in [-0.4, -0.2) is 24.5 Å². The molecule has 1 N–H and O–H groups in total. The van der Waals surface area contributed by atoms with Crippen molar-refractivity contribution in [3.63, 3.8) is 0 Å². The maximum atomic E-state index is 13.4. The average molecular weight is 425 g/mol. The average Bonchev–Trinajstić information content (AvgIpc) is 2.69. The van der Waals surface area contributed by atoms with Crippen molar-refractivity contribution in [3.8, 4) is 5.75 Å². The van der Waals surface area contributed by atoms with Crippen LogP contribution in [-0.2, 0) is 20.9 Å². The second kappa shape index (κ2) is 7.11. The van der Waals surface area contributed by atoms with Crippen molar-refractivity contribution < 1.29 is 23.5 Å². The molecule has 4 fully saturated rings. The van der Waals surface area contributed by atoms with Gasteiger partial charge in [0.2, 0.25) is 5.91 Å². The number of carbonyl (C=O) groups excluding carboxylic acids is 2. The molecule has 2 unspecified atom stereocenters. The number of carbonyl (C=O) groups is 2. The van der Waals surface area contributed by atoms with E-state index in [1.165, 1.54) is 6.07 Å². The Labute approximate surface area is 180 Å². The zero-order valence-electron chi connectivity index (χ0n) is 17.9. The SMILES string of the molecule is COc1ccc2c(COC(=O)C34CC5CC(CC(NC(C)=O)(C5)C3)C4)cc(=O)oc2c1. The number of hydrogen-bond donors (Lipinski definition) is 1. The van der Waals surface area contributed by atoms with E-state index in [0.717, 1.165) is 32.1 Å². The van der Waals surface area contributed by atoms with Gasteiger partial charge in [-0.25, -0.2) is 4.79 Å². The molecule has 0 spiro atoms. The summed E-state index contributed by atoms with van der Waals surface area (Å²) in [6, 6.07) is 6.61. The fraction of sp³-hybridized carbons (Fsp3) is 0.542. The number of amides is 1. The van der Waals surface area contributed by atoms with Gasteiger partial charge in [0.1, 0.15) is 17.9 Å². The summed E-state index contributed by atoms with van der Waals surface area (Å²) in [6.45, 7) is 1.56. The number of ether oxygens (including phenoxy) is 2. The van der Waals surface area contributed by atoms with E-state index in [0.29, 0.717) is 40.5 Å². The van der Waals surface area contributed by atoms with Crippen LogP contribution in [0.1, 0.15) is 51.0 Å². The van der Waals surface area contributed by atoms with Crippen molar-refractivity contribution in [1.82, 2.24) is 5.32 Å². The highest BCUT2D eigenvalue weighted by molar-refractivity contribution is 5.82. The van der Waals surface area contributed by atoms with Gasteiger partial charge in [0.25, 0.3) is 0 Å². The number of hydrogen-bond acceptors (Lipinski definition) is 6. The van der Waals surface area contributed by atoms with Gasteiger partial charge in [-0.2, -0.15) is 0 Å². The first-order valence-corrected chi connectivity index (χ1v) is 10.9. The van der Waals surface area contributed by atoms with Crippen LogP contribution in [0.2, 0.25) is 0 Å². The summed E-state index contributed by atoms with van der Waals surface area (Å²) in [7, 11) is 1.55. The molecule has 0 saturated heterocycles. The van der Waals surface area contributed by atoms with Gasteiger partial charge in [-0.15, -0.1) is 0 Å². The first kappa shape index (κ1) is 20.1. The summed E-state index contributed by atoms with van der Waals surface area (Å²) < 4.78 is 16.3. The van der Waals surface area contributed by atoms with Crippen molar-refractivity contribution in [1.29, 1.82) is 0 Å². The Morgan fingerprint density at radius 3 is 2.58 bits per heavy atom. The zero-order valence-corrected chi connectivity index (χ0v) is 17.9. The van der Waals surface area contributed by atoms with Crippen LogP contribution in [0.4, 0.5) is 0 Å². The first-order chi connectivity index (χ1) is 14.8. The van der Waals surface area contributed by atoms with Crippen LogP contribution >= 0.6 is 0 Å². The third-order valence-corrected chi connectivity index (χ3v) is 7.33. The molecule has 4 bridgehead atoms. The summed E-state index contributed by atoms with van der Waals surface area (Å²) in [5.74, 6) is 1.21. The fourth-order valence-corrected chi connectivity index (χ4v) is 6.77. The van der Waals surface area contributed by atoms with Gasteiger partial charge in [0, 0.05) is 35.5 Å². The molecule has 31 heavy (non-hydrogen) atoms. The summed E-state index contributed by atoms with van der Waals surface area (Å²) in [4.78, 5) is 37.2. The van der Waals surface area contributed by atoms with Crippen LogP contribution in [0, 0.1) is 17.3 Å². The molecule has 2 atom stereocenters. The van der Waals surface area contributed by atoms with E-state index in [-0.39, 0.29) is 24.0 Å². The molecule has 1 aromatic heterocycles. The fourth-order valence-electron chi connectivity index (χ4n) is 6.77. The number of methoxy groups -OCH3 is 1. The maximum absolute atomic E-state index is 13.4. The number of benzene rings is 1. The normalized spacial score (nSPS) is 30.9. The van der Waals surface area contributed by atoms with Crippen molar-refractivity contribution >= 4 is 22.8 Å².